The first-order valence-electron chi connectivity index (χ1n) is 5.18. The number of benzene rings is 1. The molecule has 0 fully saturated rings. The van der Waals surface area contributed by atoms with Crippen LogP contribution in [0.25, 0.3) is 11.3 Å². The lowest BCUT2D eigenvalue weighted by atomic mass is 10.1. The SMILES string of the molecule is COC(=O)Cc1sc(N)nc1-c1ccc(F)cc1. The Kier molecular flexibility index (Phi) is 3.57. The number of carbonyl (C=O) groups excluding carboxylic acids is 1. The van der Waals surface area contributed by atoms with Gasteiger partial charge in [-0.05, 0) is 24.3 Å². The number of hydrogen-bond donors (Lipinski definition) is 1. The highest BCUT2D eigenvalue weighted by Gasteiger charge is 2.15. The lowest BCUT2D eigenvalue weighted by molar-refractivity contribution is -0.139. The third kappa shape index (κ3) is 2.65. The van der Waals surface area contributed by atoms with Gasteiger partial charge in [0.2, 0.25) is 0 Å². The molecule has 0 saturated carbocycles. The van der Waals surface area contributed by atoms with Gasteiger partial charge < -0.3 is 10.5 Å². The minimum Gasteiger partial charge on any atom is -0.469 e. The summed E-state index contributed by atoms with van der Waals surface area (Å²) in [5.74, 6) is -0.682. The van der Waals surface area contributed by atoms with Crippen molar-refractivity contribution in [2.24, 2.45) is 0 Å². The Morgan fingerprint density at radius 3 is 2.72 bits per heavy atom. The van der Waals surface area contributed by atoms with E-state index in [1.807, 2.05) is 0 Å². The molecule has 1 aromatic carbocycles. The zero-order valence-corrected chi connectivity index (χ0v) is 10.5. The van der Waals surface area contributed by atoms with Crippen LogP contribution in [0.15, 0.2) is 24.3 Å². The van der Waals surface area contributed by atoms with Crippen LogP contribution in [-0.4, -0.2) is 18.1 Å². The van der Waals surface area contributed by atoms with E-state index in [4.69, 9.17) is 5.73 Å². The van der Waals surface area contributed by atoms with Crippen LogP contribution >= 0.6 is 11.3 Å². The van der Waals surface area contributed by atoms with E-state index in [2.05, 4.69) is 9.72 Å². The van der Waals surface area contributed by atoms with Gasteiger partial charge >= 0.3 is 5.97 Å². The Bertz CT molecular complexity index is 566. The first-order valence-corrected chi connectivity index (χ1v) is 5.99. The number of halogens is 1. The van der Waals surface area contributed by atoms with E-state index in [0.717, 1.165) is 5.56 Å². The topological polar surface area (TPSA) is 65.2 Å². The van der Waals surface area contributed by atoms with Gasteiger partial charge in [-0.1, -0.05) is 0 Å². The number of anilines is 1. The third-order valence-corrected chi connectivity index (χ3v) is 3.25. The van der Waals surface area contributed by atoms with Crippen LogP contribution in [0, 0.1) is 5.82 Å². The van der Waals surface area contributed by atoms with Gasteiger partial charge in [-0.3, -0.25) is 4.79 Å². The maximum atomic E-state index is 12.9. The number of ether oxygens (including phenoxy) is 1. The quantitative estimate of drug-likeness (QED) is 0.865. The van der Waals surface area contributed by atoms with Crippen LogP contribution in [0.3, 0.4) is 0 Å². The molecule has 2 rings (SSSR count). The second kappa shape index (κ2) is 5.14. The van der Waals surface area contributed by atoms with Crippen molar-refractivity contribution in [3.05, 3.63) is 35.0 Å². The number of thiazole rings is 1. The first-order chi connectivity index (χ1) is 8.60. The van der Waals surface area contributed by atoms with Crippen molar-refractivity contribution in [2.75, 3.05) is 12.8 Å². The summed E-state index contributed by atoms with van der Waals surface area (Å²) in [5.41, 5.74) is 6.97. The summed E-state index contributed by atoms with van der Waals surface area (Å²) in [6.45, 7) is 0. The molecule has 0 radical (unpaired) electrons. The first kappa shape index (κ1) is 12.5. The number of hydrogen-bond acceptors (Lipinski definition) is 5. The van der Waals surface area contributed by atoms with E-state index in [1.54, 1.807) is 12.1 Å². The minimum absolute atomic E-state index is 0.109. The molecule has 0 aliphatic heterocycles. The van der Waals surface area contributed by atoms with E-state index in [-0.39, 0.29) is 18.2 Å². The van der Waals surface area contributed by atoms with Crippen LogP contribution in [0.4, 0.5) is 9.52 Å². The van der Waals surface area contributed by atoms with Crippen molar-refractivity contribution in [2.45, 2.75) is 6.42 Å². The fourth-order valence-electron chi connectivity index (χ4n) is 1.53. The molecule has 0 saturated heterocycles. The zero-order chi connectivity index (χ0) is 13.1. The van der Waals surface area contributed by atoms with Crippen molar-refractivity contribution in [3.63, 3.8) is 0 Å². The van der Waals surface area contributed by atoms with Crippen LogP contribution in [0.2, 0.25) is 0 Å². The highest BCUT2D eigenvalue weighted by molar-refractivity contribution is 7.15. The molecule has 0 atom stereocenters. The summed E-state index contributed by atoms with van der Waals surface area (Å²) in [6.07, 6.45) is 0.109. The Balaban J connectivity index is 2.37. The number of nitrogen functional groups attached to an aromatic ring is 1. The molecule has 94 valence electrons. The number of methoxy groups -OCH3 is 1. The van der Waals surface area contributed by atoms with E-state index < -0.39 is 0 Å². The molecule has 0 aliphatic rings. The number of nitrogens with zero attached hydrogens (tertiary/aromatic N) is 1. The summed E-state index contributed by atoms with van der Waals surface area (Å²) in [6, 6.07) is 5.88. The standard InChI is InChI=1S/C12H11FN2O2S/c1-17-10(16)6-9-11(15-12(14)18-9)7-2-4-8(13)5-3-7/h2-5H,6H2,1H3,(H2,14,15). The molecule has 6 heteroatoms. The van der Waals surface area contributed by atoms with E-state index in [1.165, 1.54) is 30.6 Å². The van der Waals surface area contributed by atoms with Gasteiger partial charge in [0.25, 0.3) is 0 Å². The van der Waals surface area contributed by atoms with Crippen LogP contribution < -0.4 is 5.73 Å². The molecule has 0 amide bonds. The van der Waals surface area contributed by atoms with Crippen molar-refractivity contribution in [1.29, 1.82) is 0 Å². The van der Waals surface area contributed by atoms with Crippen LogP contribution in [0.5, 0.6) is 0 Å². The molecule has 4 nitrogen and oxygen atoms in total. The average Bonchev–Trinajstić information content (AvgIpc) is 2.71. The minimum atomic E-state index is -0.359. The van der Waals surface area contributed by atoms with Gasteiger partial charge in [-0.25, -0.2) is 9.37 Å². The fourth-order valence-corrected chi connectivity index (χ4v) is 2.37. The lowest BCUT2D eigenvalue weighted by Gasteiger charge is -2.01. The number of nitrogens with two attached hydrogens (primary N) is 1. The second-order valence-corrected chi connectivity index (χ2v) is 4.70. The summed E-state index contributed by atoms with van der Waals surface area (Å²) < 4.78 is 17.5. The molecular formula is C12H11FN2O2S. The van der Waals surface area contributed by atoms with Crippen LogP contribution in [-0.2, 0) is 16.0 Å². The van der Waals surface area contributed by atoms with Crippen molar-refractivity contribution in [3.8, 4) is 11.3 Å². The highest BCUT2D eigenvalue weighted by Crippen LogP contribution is 2.30. The maximum Gasteiger partial charge on any atom is 0.310 e. The van der Waals surface area contributed by atoms with Crippen molar-refractivity contribution in [1.82, 2.24) is 4.98 Å². The molecule has 0 unspecified atom stereocenters. The van der Waals surface area contributed by atoms with Gasteiger partial charge in [0.05, 0.1) is 19.2 Å². The largest absolute Gasteiger partial charge is 0.469 e. The third-order valence-electron chi connectivity index (χ3n) is 2.36. The molecule has 1 heterocycles. The molecule has 1 aromatic heterocycles. The van der Waals surface area contributed by atoms with Crippen molar-refractivity contribution < 1.29 is 13.9 Å². The van der Waals surface area contributed by atoms with Gasteiger partial charge in [0.15, 0.2) is 5.13 Å². The van der Waals surface area contributed by atoms with Gasteiger partial charge in [0, 0.05) is 10.4 Å². The predicted molar refractivity (Wildman–Crippen MR) is 67.6 cm³/mol. The van der Waals surface area contributed by atoms with Crippen LogP contribution in [0.1, 0.15) is 4.88 Å². The molecular weight excluding hydrogens is 255 g/mol. The molecule has 18 heavy (non-hydrogen) atoms. The maximum absolute atomic E-state index is 12.9. The molecule has 2 aromatic rings. The van der Waals surface area contributed by atoms with E-state index in [9.17, 15) is 9.18 Å². The van der Waals surface area contributed by atoms with Crippen molar-refractivity contribution >= 4 is 22.4 Å². The summed E-state index contributed by atoms with van der Waals surface area (Å²) in [7, 11) is 1.32. The highest BCUT2D eigenvalue weighted by atomic mass is 32.1. The molecule has 0 spiro atoms. The Labute approximate surface area is 107 Å². The Morgan fingerprint density at radius 1 is 1.44 bits per heavy atom. The summed E-state index contributed by atoms with van der Waals surface area (Å²) in [4.78, 5) is 16.2. The van der Waals surface area contributed by atoms with Gasteiger partial charge in [-0.15, -0.1) is 11.3 Å². The summed E-state index contributed by atoms with van der Waals surface area (Å²) in [5, 5.41) is 0.369. The van der Waals surface area contributed by atoms with E-state index in [0.29, 0.717) is 15.7 Å². The fraction of sp³-hybridized carbons (Fsp3) is 0.167. The van der Waals surface area contributed by atoms with Gasteiger partial charge in [-0.2, -0.15) is 0 Å². The average molecular weight is 266 g/mol. The van der Waals surface area contributed by atoms with E-state index >= 15 is 0 Å². The molecule has 0 aliphatic carbocycles. The second-order valence-electron chi connectivity index (χ2n) is 3.58. The summed E-state index contributed by atoms with van der Waals surface area (Å²) >= 11 is 1.23. The smallest absolute Gasteiger partial charge is 0.310 e. The molecule has 0 bridgehead atoms. The Morgan fingerprint density at radius 2 is 2.11 bits per heavy atom. The van der Waals surface area contributed by atoms with Gasteiger partial charge in [0.1, 0.15) is 5.82 Å². The Hall–Kier alpha value is -1.95. The predicted octanol–water partition coefficient (Wildman–Crippen LogP) is 2.25. The monoisotopic (exact) mass is 266 g/mol. The zero-order valence-electron chi connectivity index (χ0n) is 9.64. The number of aromatic nitrogens is 1. The lowest BCUT2D eigenvalue weighted by Crippen LogP contribution is -2.04. The number of rotatable bonds is 3. The number of esters is 1. The normalized spacial score (nSPS) is 10.3. The number of carbonyl (C=O) groups is 1. The molecule has 2 N–H and O–H groups in total.